The second-order valence-corrected chi connectivity index (χ2v) is 6.16. The number of aromatic nitrogens is 2. The van der Waals surface area contributed by atoms with Crippen molar-refractivity contribution in [2.45, 2.75) is 45.1 Å². The Kier molecular flexibility index (Phi) is 5.83. The van der Waals surface area contributed by atoms with Crippen LogP contribution in [0.1, 0.15) is 38.5 Å². The first kappa shape index (κ1) is 15.3. The van der Waals surface area contributed by atoms with Crippen LogP contribution in [0.15, 0.2) is 28.1 Å². The topological polar surface area (TPSA) is 46.9 Å². The molecule has 4 nitrogen and oxygen atoms in total. The summed E-state index contributed by atoms with van der Waals surface area (Å²) in [4.78, 5) is 12.0. The van der Waals surface area contributed by atoms with Gasteiger partial charge in [-0.3, -0.25) is 4.79 Å². The van der Waals surface area contributed by atoms with Crippen LogP contribution in [0, 0.1) is 5.92 Å². The normalized spacial score (nSPS) is 16.1. The third kappa shape index (κ3) is 3.95. The van der Waals surface area contributed by atoms with Gasteiger partial charge >= 0.3 is 0 Å². The van der Waals surface area contributed by atoms with Crippen LogP contribution in [0.25, 0.3) is 0 Å². The summed E-state index contributed by atoms with van der Waals surface area (Å²) < 4.78 is 1.95. The molecule has 1 fully saturated rings. The molecule has 1 aliphatic rings. The van der Waals surface area contributed by atoms with Gasteiger partial charge in [0.1, 0.15) is 4.47 Å². The second-order valence-electron chi connectivity index (χ2n) is 5.37. The standard InChI is InChI=1S/C15H22BrN3O/c1-2-10-19-15(20)14(16)13(11-18-19)17-9-8-12-6-4-3-5-7-12/h2,11-12,17H,1,3-10H2. The zero-order chi connectivity index (χ0) is 14.4. The van der Waals surface area contributed by atoms with Crippen LogP contribution < -0.4 is 10.9 Å². The lowest BCUT2D eigenvalue weighted by molar-refractivity contribution is 0.345. The van der Waals surface area contributed by atoms with Crippen molar-refractivity contribution in [1.82, 2.24) is 9.78 Å². The molecule has 0 aliphatic heterocycles. The van der Waals surface area contributed by atoms with Crippen molar-refractivity contribution in [3.63, 3.8) is 0 Å². The van der Waals surface area contributed by atoms with Gasteiger partial charge in [0, 0.05) is 6.54 Å². The van der Waals surface area contributed by atoms with Gasteiger partial charge in [-0.1, -0.05) is 38.2 Å². The monoisotopic (exact) mass is 339 g/mol. The molecule has 110 valence electrons. The van der Waals surface area contributed by atoms with Crippen molar-refractivity contribution in [3.8, 4) is 0 Å². The average molecular weight is 340 g/mol. The van der Waals surface area contributed by atoms with Gasteiger partial charge < -0.3 is 5.32 Å². The zero-order valence-corrected chi connectivity index (χ0v) is 13.4. The summed E-state index contributed by atoms with van der Waals surface area (Å²) in [5, 5.41) is 7.46. The fraction of sp³-hybridized carbons (Fsp3) is 0.600. The number of nitrogens with one attached hydrogen (secondary N) is 1. The summed E-state index contributed by atoms with van der Waals surface area (Å²) in [6.45, 7) is 4.95. The van der Waals surface area contributed by atoms with E-state index in [0.717, 1.165) is 18.2 Å². The first-order valence-corrected chi connectivity index (χ1v) is 8.12. The third-order valence-corrected chi connectivity index (χ3v) is 4.65. The van der Waals surface area contributed by atoms with Gasteiger partial charge in [0.15, 0.2) is 0 Å². The van der Waals surface area contributed by atoms with Crippen molar-refractivity contribution in [2.24, 2.45) is 5.92 Å². The van der Waals surface area contributed by atoms with Gasteiger partial charge in [-0.05, 0) is 28.3 Å². The summed E-state index contributed by atoms with van der Waals surface area (Å²) >= 11 is 3.36. The summed E-state index contributed by atoms with van der Waals surface area (Å²) in [5.41, 5.74) is 0.665. The number of halogens is 1. The van der Waals surface area contributed by atoms with Crippen molar-refractivity contribution in [3.05, 3.63) is 33.7 Å². The fourth-order valence-electron chi connectivity index (χ4n) is 2.73. The number of allylic oxidation sites excluding steroid dienone is 1. The molecule has 0 atom stereocenters. The zero-order valence-electron chi connectivity index (χ0n) is 11.8. The molecule has 1 aliphatic carbocycles. The highest BCUT2D eigenvalue weighted by Crippen LogP contribution is 2.26. The first-order chi connectivity index (χ1) is 9.72. The van der Waals surface area contributed by atoms with E-state index in [2.05, 4.69) is 32.9 Å². The molecule has 0 radical (unpaired) electrons. The number of nitrogens with zero attached hydrogens (tertiary/aromatic N) is 2. The van der Waals surface area contributed by atoms with E-state index in [1.165, 1.54) is 43.2 Å². The van der Waals surface area contributed by atoms with Crippen LogP contribution in [0.4, 0.5) is 5.69 Å². The van der Waals surface area contributed by atoms with E-state index in [0.29, 0.717) is 11.0 Å². The van der Waals surface area contributed by atoms with E-state index in [4.69, 9.17) is 0 Å². The maximum absolute atomic E-state index is 12.0. The Morgan fingerprint density at radius 3 is 2.90 bits per heavy atom. The van der Waals surface area contributed by atoms with E-state index in [9.17, 15) is 4.79 Å². The number of rotatable bonds is 6. The molecule has 0 saturated heterocycles. The minimum Gasteiger partial charge on any atom is -0.383 e. The maximum Gasteiger partial charge on any atom is 0.283 e. The molecule has 1 aromatic heterocycles. The Bertz CT molecular complexity index is 506. The highest BCUT2D eigenvalue weighted by atomic mass is 79.9. The lowest BCUT2D eigenvalue weighted by atomic mass is 9.87. The predicted octanol–water partition coefficient (Wildman–Crippen LogP) is 3.57. The van der Waals surface area contributed by atoms with Gasteiger partial charge in [0.25, 0.3) is 5.56 Å². The lowest BCUT2D eigenvalue weighted by Crippen LogP contribution is -2.24. The number of hydrogen-bond donors (Lipinski definition) is 1. The summed E-state index contributed by atoms with van der Waals surface area (Å²) in [5.74, 6) is 0.837. The molecule has 1 saturated carbocycles. The molecule has 5 heteroatoms. The van der Waals surface area contributed by atoms with E-state index >= 15 is 0 Å². The summed E-state index contributed by atoms with van der Waals surface area (Å²) in [6.07, 6.45) is 11.4. The molecule has 1 heterocycles. The van der Waals surface area contributed by atoms with Crippen LogP contribution in [0.5, 0.6) is 0 Å². The van der Waals surface area contributed by atoms with Crippen molar-refractivity contribution < 1.29 is 0 Å². The Hall–Kier alpha value is -1.10. The average Bonchev–Trinajstić information content (AvgIpc) is 2.48. The molecule has 0 bridgehead atoms. The van der Waals surface area contributed by atoms with Crippen molar-refractivity contribution >= 4 is 21.6 Å². The molecule has 0 unspecified atom stereocenters. The summed E-state index contributed by atoms with van der Waals surface area (Å²) in [6, 6.07) is 0. The highest BCUT2D eigenvalue weighted by molar-refractivity contribution is 9.10. The maximum atomic E-state index is 12.0. The van der Waals surface area contributed by atoms with Gasteiger partial charge in [0.05, 0.1) is 18.4 Å². The minimum atomic E-state index is -0.118. The van der Waals surface area contributed by atoms with Gasteiger partial charge in [-0.15, -0.1) is 6.58 Å². The predicted molar refractivity (Wildman–Crippen MR) is 86.1 cm³/mol. The van der Waals surface area contributed by atoms with Crippen LogP contribution in [-0.2, 0) is 6.54 Å². The smallest absolute Gasteiger partial charge is 0.283 e. The van der Waals surface area contributed by atoms with Crippen molar-refractivity contribution in [2.75, 3.05) is 11.9 Å². The van der Waals surface area contributed by atoms with E-state index in [1.54, 1.807) is 12.3 Å². The van der Waals surface area contributed by atoms with Gasteiger partial charge in [-0.2, -0.15) is 5.10 Å². The number of anilines is 1. The molecule has 1 aromatic rings. The molecular formula is C15H22BrN3O. The lowest BCUT2D eigenvalue weighted by Gasteiger charge is -2.21. The van der Waals surface area contributed by atoms with Crippen LogP contribution in [0.2, 0.25) is 0 Å². The molecular weight excluding hydrogens is 318 g/mol. The third-order valence-electron chi connectivity index (χ3n) is 3.88. The van der Waals surface area contributed by atoms with Crippen LogP contribution >= 0.6 is 15.9 Å². The van der Waals surface area contributed by atoms with Crippen LogP contribution in [0.3, 0.4) is 0 Å². The van der Waals surface area contributed by atoms with E-state index in [-0.39, 0.29) is 5.56 Å². The Morgan fingerprint density at radius 2 is 2.20 bits per heavy atom. The second kappa shape index (κ2) is 7.62. The molecule has 0 aromatic carbocycles. The Morgan fingerprint density at radius 1 is 1.45 bits per heavy atom. The highest BCUT2D eigenvalue weighted by Gasteiger charge is 2.13. The van der Waals surface area contributed by atoms with Crippen LogP contribution in [-0.4, -0.2) is 16.3 Å². The first-order valence-electron chi connectivity index (χ1n) is 7.32. The fourth-order valence-corrected chi connectivity index (χ4v) is 3.17. The molecule has 1 N–H and O–H groups in total. The SMILES string of the molecule is C=CCn1ncc(NCCC2CCCCC2)c(Br)c1=O. The van der Waals surface area contributed by atoms with E-state index in [1.807, 2.05) is 0 Å². The largest absolute Gasteiger partial charge is 0.383 e. The Balaban J connectivity index is 1.91. The number of hydrogen-bond acceptors (Lipinski definition) is 3. The van der Waals surface area contributed by atoms with Gasteiger partial charge in [0.2, 0.25) is 0 Å². The Labute approximate surface area is 128 Å². The minimum absolute atomic E-state index is 0.118. The quantitative estimate of drug-likeness (QED) is 0.806. The van der Waals surface area contributed by atoms with Gasteiger partial charge in [-0.25, -0.2) is 4.68 Å². The molecule has 2 rings (SSSR count). The molecule has 20 heavy (non-hydrogen) atoms. The molecule has 0 amide bonds. The van der Waals surface area contributed by atoms with Crippen molar-refractivity contribution in [1.29, 1.82) is 0 Å². The van der Waals surface area contributed by atoms with E-state index < -0.39 is 0 Å². The molecule has 0 spiro atoms. The summed E-state index contributed by atoms with van der Waals surface area (Å²) in [7, 11) is 0.